The number of aryl methyl sites for hydroxylation is 1. The molecule has 0 radical (unpaired) electrons. The van der Waals surface area contributed by atoms with Gasteiger partial charge in [-0.3, -0.25) is 9.59 Å². The molecule has 28 heavy (non-hydrogen) atoms. The van der Waals surface area contributed by atoms with E-state index < -0.39 is 0 Å². The van der Waals surface area contributed by atoms with Crippen LogP contribution in [0.5, 0.6) is 11.5 Å². The molecule has 0 spiro atoms. The number of hydrogen-bond donors (Lipinski definition) is 1. The van der Waals surface area contributed by atoms with Gasteiger partial charge in [-0.2, -0.15) is 0 Å². The second-order valence-corrected chi connectivity index (χ2v) is 6.37. The van der Waals surface area contributed by atoms with Crippen LogP contribution in [0.4, 0.5) is 0 Å². The Morgan fingerprint density at radius 1 is 1.11 bits per heavy atom. The van der Waals surface area contributed by atoms with Crippen molar-refractivity contribution in [3.63, 3.8) is 0 Å². The van der Waals surface area contributed by atoms with Gasteiger partial charge in [0, 0.05) is 19.9 Å². The van der Waals surface area contributed by atoms with Crippen LogP contribution < -0.4 is 15.0 Å². The fourth-order valence-electron chi connectivity index (χ4n) is 2.77. The van der Waals surface area contributed by atoms with E-state index in [4.69, 9.17) is 9.47 Å². The summed E-state index contributed by atoms with van der Waals surface area (Å²) in [6.45, 7) is 0.853. The van der Waals surface area contributed by atoms with Gasteiger partial charge in [0.05, 0.1) is 24.6 Å². The lowest BCUT2D eigenvalue weighted by Crippen LogP contribution is -2.31. The molecule has 0 saturated carbocycles. The van der Waals surface area contributed by atoms with Gasteiger partial charge in [-0.05, 0) is 36.4 Å². The molecule has 1 N–H and O–H groups in total. The Morgan fingerprint density at radius 3 is 2.57 bits per heavy atom. The lowest BCUT2D eigenvalue weighted by atomic mass is 10.2. The quantitative estimate of drug-likeness (QED) is 0.648. The summed E-state index contributed by atoms with van der Waals surface area (Å²) in [6.07, 6.45) is 0.642. The second kappa shape index (κ2) is 9.03. The molecule has 1 amide bonds. The highest BCUT2D eigenvalue weighted by Crippen LogP contribution is 2.16. The van der Waals surface area contributed by atoms with Crippen LogP contribution in [-0.2, 0) is 11.2 Å². The number of ether oxygens (including phenoxy) is 2. The summed E-state index contributed by atoms with van der Waals surface area (Å²) in [7, 11) is 3.34. The third-order valence-electron chi connectivity index (χ3n) is 4.42. The Balaban J connectivity index is 1.48. The van der Waals surface area contributed by atoms with Crippen molar-refractivity contribution >= 4 is 16.8 Å². The Bertz CT molecular complexity index is 998. The Morgan fingerprint density at radius 2 is 1.82 bits per heavy atom. The van der Waals surface area contributed by atoms with Crippen molar-refractivity contribution < 1.29 is 14.3 Å². The third kappa shape index (κ3) is 4.88. The standard InChI is InChI=1S/C21H23N3O4/c1-24(13-14-28-16-9-7-15(27-2)8-10-16)20(25)12-11-19-22-18-6-4-3-5-17(18)21(26)23-19/h3-10H,11-14H2,1-2H3,(H,22,23,26). The lowest BCUT2D eigenvalue weighted by molar-refractivity contribution is -0.130. The minimum Gasteiger partial charge on any atom is -0.497 e. The van der Waals surface area contributed by atoms with E-state index in [9.17, 15) is 9.59 Å². The summed E-state index contributed by atoms with van der Waals surface area (Å²) in [5, 5.41) is 0.547. The molecule has 0 aliphatic heterocycles. The summed E-state index contributed by atoms with van der Waals surface area (Å²) in [5.41, 5.74) is 0.448. The maximum absolute atomic E-state index is 12.3. The van der Waals surface area contributed by atoms with E-state index in [1.807, 2.05) is 30.3 Å². The van der Waals surface area contributed by atoms with Gasteiger partial charge in [-0.1, -0.05) is 12.1 Å². The summed E-state index contributed by atoms with van der Waals surface area (Å²) in [4.78, 5) is 33.2. The van der Waals surface area contributed by atoms with E-state index in [1.165, 1.54) is 0 Å². The van der Waals surface area contributed by atoms with Crippen LogP contribution in [0.3, 0.4) is 0 Å². The van der Waals surface area contributed by atoms with E-state index >= 15 is 0 Å². The van der Waals surface area contributed by atoms with Crippen LogP contribution in [0.1, 0.15) is 12.2 Å². The van der Waals surface area contributed by atoms with Crippen molar-refractivity contribution in [1.82, 2.24) is 14.9 Å². The number of hydrogen-bond acceptors (Lipinski definition) is 5. The predicted octanol–water partition coefficient (Wildman–Crippen LogP) is 2.40. The van der Waals surface area contributed by atoms with Crippen molar-refractivity contribution in [2.75, 3.05) is 27.3 Å². The molecule has 7 nitrogen and oxygen atoms in total. The largest absolute Gasteiger partial charge is 0.497 e. The van der Waals surface area contributed by atoms with Crippen LogP contribution >= 0.6 is 0 Å². The molecular weight excluding hydrogens is 358 g/mol. The van der Waals surface area contributed by atoms with Crippen molar-refractivity contribution in [3.8, 4) is 11.5 Å². The van der Waals surface area contributed by atoms with Gasteiger partial charge in [-0.15, -0.1) is 0 Å². The first-order valence-corrected chi connectivity index (χ1v) is 9.05. The van der Waals surface area contributed by atoms with Crippen molar-refractivity contribution in [2.45, 2.75) is 12.8 Å². The average Bonchev–Trinajstić information content (AvgIpc) is 2.72. The molecule has 0 fully saturated rings. The first kappa shape index (κ1) is 19.4. The molecule has 7 heteroatoms. The highest BCUT2D eigenvalue weighted by Gasteiger charge is 2.11. The topological polar surface area (TPSA) is 84.5 Å². The monoisotopic (exact) mass is 381 g/mol. The van der Waals surface area contributed by atoms with E-state index in [0.717, 1.165) is 11.5 Å². The maximum Gasteiger partial charge on any atom is 0.258 e. The highest BCUT2D eigenvalue weighted by molar-refractivity contribution is 5.78. The minimum absolute atomic E-state index is 0.0332. The first-order chi connectivity index (χ1) is 13.6. The normalized spacial score (nSPS) is 10.6. The molecule has 1 aromatic heterocycles. The molecule has 0 saturated heterocycles. The zero-order valence-corrected chi connectivity index (χ0v) is 16.0. The lowest BCUT2D eigenvalue weighted by Gasteiger charge is -2.17. The van der Waals surface area contributed by atoms with Gasteiger partial charge in [0.2, 0.25) is 5.91 Å². The van der Waals surface area contributed by atoms with E-state index in [1.54, 1.807) is 37.3 Å². The second-order valence-electron chi connectivity index (χ2n) is 6.37. The molecule has 0 atom stereocenters. The number of nitrogens with one attached hydrogen (secondary N) is 1. The van der Waals surface area contributed by atoms with E-state index in [2.05, 4.69) is 9.97 Å². The van der Waals surface area contributed by atoms with Crippen molar-refractivity contribution in [1.29, 1.82) is 0 Å². The summed E-state index contributed by atoms with van der Waals surface area (Å²) in [5.74, 6) is 1.97. The number of H-pyrrole nitrogens is 1. The molecule has 0 aliphatic rings. The third-order valence-corrected chi connectivity index (χ3v) is 4.42. The maximum atomic E-state index is 12.3. The number of aromatic nitrogens is 2. The number of rotatable bonds is 8. The molecule has 0 aliphatic carbocycles. The van der Waals surface area contributed by atoms with Crippen LogP contribution in [0.25, 0.3) is 10.9 Å². The number of carbonyl (C=O) groups is 1. The number of fused-ring (bicyclic) bond motifs is 1. The molecule has 0 unspecified atom stereocenters. The minimum atomic E-state index is -0.186. The summed E-state index contributed by atoms with van der Waals surface area (Å²) < 4.78 is 10.7. The van der Waals surface area contributed by atoms with Crippen LogP contribution in [0.15, 0.2) is 53.3 Å². The number of aromatic amines is 1. The zero-order valence-electron chi connectivity index (χ0n) is 16.0. The number of amides is 1. The van der Waals surface area contributed by atoms with E-state index in [-0.39, 0.29) is 17.9 Å². The van der Waals surface area contributed by atoms with Gasteiger partial charge in [0.1, 0.15) is 23.9 Å². The van der Waals surface area contributed by atoms with E-state index in [0.29, 0.717) is 36.3 Å². The Kier molecular flexibility index (Phi) is 6.26. The Labute approximate surface area is 162 Å². The molecule has 146 valence electrons. The first-order valence-electron chi connectivity index (χ1n) is 9.05. The average molecular weight is 381 g/mol. The number of benzene rings is 2. The van der Waals surface area contributed by atoms with Gasteiger partial charge in [0.25, 0.3) is 5.56 Å². The van der Waals surface area contributed by atoms with Gasteiger partial charge in [0.15, 0.2) is 0 Å². The summed E-state index contributed by atoms with van der Waals surface area (Å²) >= 11 is 0. The molecule has 0 bridgehead atoms. The fourth-order valence-corrected chi connectivity index (χ4v) is 2.77. The predicted molar refractivity (Wildman–Crippen MR) is 107 cm³/mol. The number of carbonyl (C=O) groups excluding carboxylic acids is 1. The van der Waals surface area contributed by atoms with Crippen LogP contribution in [0, 0.1) is 0 Å². The van der Waals surface area contributed by atoms with Crippen LogP contribution in [-0.4, -0.2) is 48.1 Å². The number of methoxy groups -OCH3 is 1. The highest BCUT2D eigenvalue weighted by atomic mass is 16.5. The smallest absolute Gasteiger partial charge is 0.258 e. The summed E-state index contributed by atoms with van der Waals surface area (Å²) in [6, 6.07) is 14.4. The molecular formula is C21H23N3O4. The number of nitrogens with zero attached hydrogens (tertiary/aromatic N) is 2. The van der Waals surface area contributed by atoms with Crippen LogP contribution in [0.2, 0.25) is 0 Å². The molecule has 2 aromatic carbocycles. The number of likely N-dealkylation sites (N-methyl/N-ethyl adjacent to an activating group) is 1. The zero-order chi connectivity index (χ0) is 19.9. The van der Waals surface area contributed by atoms with Gasteiger partial charge in [-0.25, -0.2) is 4.98 Å². The molecule has 3 aromatic rings. The number of para-hydroxylation sites is 1. The van der Waals surface area contributed by atoms with Gasteiger partial charge >= 0.3 is 0 Å². The van der Waals surface area contributed by atoms with Crippen molar-refractivity contribution in [3.05, 3.63) is 64.7 Å². The molecule has 3 rings (SSSR count). The van der Waals surface area contributed by atoms with Gasteiger partial charge < -0.3 is 19.4 Å². The Hall–Kier alpha value is -3.35. The van der Waals surface area contributed by atoms with Crippen molar-refractivity contribution in [2.24, 2.45) is 0 Å². The SMILES string of the molecule is COc1ccc(OCCN(C)C(=O)CCc2nc3ccccc3c(=O)[nH]2)cc1. The fraction of sp³-hybridized carbons (Fsp3) is 0.286. The molecule has 1 heterocycles.